The van der Waals surface area contributed by atoms with Gasteiger partial charge in [-0.3, -0.25) is 9.69 Å². The van der Waals surface area contributed by atoms with Crippen LogP contribution in [0, 0.1) is 11.3 Å². The van der Waals surface area contributed by atoms with E-state index >= 15 is 0 Å². The van der Waals surface area contributed by atoms with E-state index in [2.05, 4.69) is 10.5 Å². The third kappa shape index (κ3) is 10.0. The summed E-state index contributed by atoms with van der Waals surface area (Å²) in [5, 5.41) is 36.4. The first-order chi connectivity index (χ1) is 20.3. The van der Waals surface area contributed by atoms with Gasteiger partial charge in [0.2, 0.25) is 15.9 Å². The van der Waals surface area contributed by atoms with E-state index in [1.807, 2.05) is 44.2 Å². The molecule has 44 heavy (non-hydrogen) atoms. The van der Waals surface area contributed by atoms with Crippen molar-refractivity contribution in [2.45, 2.75) is 90.4 Å². The summed E-state index contributed by atoms with van der Waals surface area (Å²) in [6, 6.07) is 12.9. The van der Waals surface area contributed by atoms with Crippen molar-refractivity contribution in [1.29, 1.82) is 0 Å². The largest absolute Gasteiger partial charge is 0.465 e. The molecule has 11 nitrogen and oxygen atoms in total. The average Bonchev–Trinajstić information content (AvgIpc) is 2.90. The molecule has 0 heterocycles. The summed E-state index contributed by atoms with van der Waals surface area (Å²) in [5.41, 5.74) is -0.408. The number of aliphatic hydroxyl groups excluding tert-OH is 1. The molecule has 0 aliphatic rings. The maximum atomic E-state index is 14.0. The lowest BCUT2D eigenvalue weighted by Crippen LogP contribution is -2.63. The van der Waals surface area contributed by atoms with Crippen LogP contribution in [0.2, 0.25) is 0 Å². The van der Waals surface area contributed by atoms with Crippen molar-refractivity contribution in [2.24, 2.45) is 16.5 Å². The van der Waals surface area contributed by atoms with E-state index in [9.17, 15) is 28.2 Å². The highest BCUT2D eigenvalue weighted by molar-refractivity contribution is 7.89. The Morgan fingerprint density at radius 2 is 1.52 bits per heavy atom. The Bertz CT molecular complexity index is 1370. The number of sulfonamides is 1. The number of rotatable bonds is 13. The molecule has 2 aromatic rings. The van der Waals surface area contributed by atoms with E-state index in [-0.39, 0.29) is 30.3 Å². The number of amides is 2. The molecule has 0 spiro atoms. The number of nitrogens with zero attached hydrogens (tertiary/aromatic N) is 3. The first kappa shape index (κ1) is 36.7. The topological polar surface area (TPSA) is 160 Å². The van der Waals surface area contributed by atoms with Crippen LogP contribution in [0.15, 0.2) is 64.6 Å². The molecule has 2 aromatic carbocycles. The van der Waals surface area contributed by atoms with Gasteiger partial charge in [0.1, 0.15) is 6.04 Å². The minimum atomic E-state index is -4.07. The maximum absolute atomic E-state index is 14.0. The van der Waals surface area contributed by atoms with Crippen LogP contribution in [-0.2, 0) is 21.2 Å². The van der Waals surface area contributed by atoms with Crippen LogP contribution in [0.25, 0.3) is 0 Å². The number of hydrogen-bond donors (Lipinski definition) is 4. The van der Waals surface area contributed by atoms with Crippen molar-refractivity contribution in [3.63, 3.8) is 0 Å². The van der Waals surface area contributed by atoms with Gasteiger partial charge in [0.15, 0.2) is 0 Å². The Kier molecular flexibility index (Phi) is 12.5. The molecule has 0 aliphatic carbocycles. The van der Waals surface area contributed by atoms with Gasteiger partial charge < -0.3 is 20.7 Å². The second kappa shape index (κ2) is 15.0. The highest BCUT2D eigenvalue weighted by Gasteiger charge is 2.45. The number of carboxylic acid groups (broad SMARTS) is 1. The van der Waals surface area contributed by atoms with E-state index in [1.165, 1.54) is 34.8 Å². The number of benzene rings is 2. The van der Waals surface area contributed by atoms with Crippen LogP contribution >= 0.6 is 0 Å². The summed E-state index contributed by atoms with van der Waals surface area (Å²) in [7, 11) is -4.07. The van der Waals surface area contributed by atoms with Gasteiger partial charge in [-0.1, -0.05) is 82.2 Å². The fourth-order valence-electron chi connectivity index (χ4n) is 5.05. The lowest BCUT2D eigenvalue weighted by molar-refractivity contribution is -0.133. The second-order valence-corrected chi connectivity index (χ2v) is 15.4. The van der Waals surface area contributed by atoms with Gasteiger partial charge in [0.05, 0.1) is 23.3 Å². The van der Waals surface area contributed by atoms with Crippen molar-refractivity contribution in [1.82, 2.24) is 14.5 Å². The van der Waals surface area contributed by atoms with Gasteiger partial charge in [-0.15, -0.1) is 0 Å². The predicted molar refractivity (Wildman–Crippen MR) is 170 cm³/mol. The summed E-state index contributed by atoms with van der Waals surface area (Å²) in [6.07, 6.45) is -1.24. The normalized spacial score (nSPS) is 14.9. The SMILES string of the molecule is CC(C)CN(C[C@@H](O)[C@H](Cc1ccccc1)NC(=O)[C@@H](N(C(=O)O)C(C)(C)C)C(C)(C)C)S(=O)(=O)c1ccc(C=NO)cc1. The van der Waals surface area contributed by atoms with Crippen LogP contribution in [-0.4, -0.2) is 88.1 Å². The molecule has 0 unspecified atom stereocenters. The highest BCUT2D eigenvalue weighted by Crippen LogP contribution is 2.31. The molecule has 0 bridgehead atoms. The lowest BCUT2D eigenvalue weighted by atomic mass is 9.82. The summed E-state index contributed by atoms with van der Waals surface area (Å²) in [6.45, 7) is 14.0. The molecule has 0 aromatic heterocycles. The van der Waals surface area contributed by atoms with Gasteiger partial charge in [-0.05, 0) is 61.8 Å². The first-order valence-corrected chi connectivity index (χ1v) is 16.0. The Hall–Kier alpha value is -3.48. The Morgan fingerprint density at radius 3 is 1.98 bits per heavy atom. The van der Waals surface area contributed by atoms with Gasteiger partial charge >= 0.3 is 6.09 Å². The minimum absolute atomic E-state index is 0.000779. The molecule has 0 saturated heterocycles. The van der Waals surface area contributed by atoms with Crippen molar-refractivity contribution < 1.29 is 33.4 Å². The second-order valence-electron chi connectivity index (χ2n) is 13.5. The highest BCUT2D eigenvalue weighted by atomic mass is 32.2. The monoisotopic (exact) mass is 632 g/mol. The fourth-order valence-corrected chi connectivity index (χ4v) is 6.67. The molecule has 244 valence electrons. The van der Waals surface area contributed by atoms with Crippen LogP contribution in [0.1, 0.15) is 66.5 Å². The zero-order valence-electron chi connectivity index (χ0n) is 26.9. The molecule has 0 aliphatic heterocycles. The smallest absolute Gasteiger partial charge is 0.408 e. The van der Waals surface area contributed by atoms with Gasteiger partial charge in [0.25, 0.3) is 0 Å². The number of carbonyl (C=O) groups is 2. The van der Waals surface area contributed by atoms with E-state index < -0.39 is 51.2 Å². The number of hydrogen-bond acceptors (Lipinski definition) is 7. The molecule has 0 saturated carbocycles. The van der Waals surface area contributed by atoms with E-state index in [1.54, 1.807) is 41.5 Å². The quantitative estimate of drug-likeness (QED) is 0.144. The molecule has 3 atom stereocenters. The summed E-state index contributed by atoms with van der Waals surface area (Å²) >= 11 is 0. The minimum Gasteiger partial charge on any atom is -0.465 e. The first-order valence-electron chi connectivity index (χ1n) is 14.6. The predicted octanol–water partition coefficient (Wildman–Crippen LogP) is 4.42. The molecule has 4 N–H and O–H groups in total. The summed E-state index contributed by atoms with van der Waals surface area (Å²) in [4.78, 5) is 27.5. The van der Waals surface area contributed by atoms with Crippen molar-refractivity contribution in [3.8, 4) is 0 Å². The number of aliphatic hydroxyl groups is 1. The van der Waals surface area contributed by atoms with Gasteiger partial charge in [-0.2, -0.15) is 4.31 Å². The fraction of sp³-hybridized carbons (Fsp3) is 0.531. The average molecular weight is 633 g/mol. The van der Waals surface area contributed by atoms with Crippen LogP contribution in [0.3, 0.4) is 0 Å². The van der Waals surface area contributed by atoms with Crippen molar-refractivity contribution in [3.05, 3.63) is 65.7 Å². The van der Waals surface area contributed by atoms with Crippen molar-refractivity contribution >= 4 is 28.2 Å². The Labute approximate surface area is 261 Å². The number of oxime groups is 1. The zero-order chi connectivity index (χ0) is 33.5. The van der Waals surface area contributed by atoms with Crippen LogP contribution in [0.5, 0.6) is 0 Å². The van der Waals surface area contributed by atoms with Crippen LogP contribution in [0.4, 0.5) is 4.79 Å². The number of carbonyl (C=O) groups excluding carboxylic acids is 1. The third-order valence-electron chi connectivity index (χ3n) is 7.03. The molecule has 2 amide bonds. The number of nitrogens with one attached hydrogen (secondary N) is 1. The van der Waals surface area contributed by atoms with E-state index in [0.717, 1.165) is 10.5 Å². The Balaban J connectivity index is 2.51. The third-order valence-corrected chi connectivity index (χ3v) is 8.88. The van der Waals surface area contributed by atoms with E-state index in [4.69, 9.17) is 5.21 Å². The standard InChI is InChI=1S/C32H48N4O7S/c1-22(2)20-35(44(42,43)25-16-14-24(15-17-25)19-33-41)21-27(37)26(18-23-12-10-9-11-13-23)34-29(38)28(31(3,4)5)36(30(39)40)32(6,7)8/h9-17,19,22,26-28,37,41H,18,20-21H2,1-8H3,(H,34,38)(H,39,40)/t26-,27+,28+/m0/s1. The van der Waals surface area contributed by atoms with Gasteiger partial charge in [-0.25, -0.2) is 13.2 Å². The van der Waals surface area contributed by atoms with E-state index in [0.29, 0.717) is 5.56 Å². The molecule has 0 fully saturated rings. The Morgan fingerprint density at radius 1 is 0.955 bits per heavy atom. The molecular formula is C32H48N4O7S. The molecule has 12 heteroatoms. The summed E-state index contributed by atoms with van der Waals surface area (Å²) < 4.78 is 28.7. The molecular weight excluding hydrogens is 584 g/mol. The van der Waals surface area contributed by atoms with Gasteiger partial charge in [0, 0.05) is 18.6 Å². The molecule has 2 rings (SSSR count). The zero-order valence-corrected chi connectivity index (χ0v) is 27.7. The van der Waals surface area contributed by atoms with Crippen molar-refractivity contribution in [2.75, 3.05) is 13.1 Å². The summed E-state index contributed by atoms with van der Waals surface area (Å²) in [5.74, 6) is -0.671. The maximum Gasteiger partial charge on any atom is 0.408 e. The molecule has 0 radical (unpaired) electrons. The lowest BCUT2D eigenvalue weighted by Gasteiger charge is -2.45. The van der Waals surface area contributed by atoms with Crippen LogP contribution < -0.4 is 5.32 Å².